The highest BCUT2D eigenvalue weighted by atomic mass is 16.2. The number of rotatable bonds is 6. The summed E-state index contributed by atoms with van der Waals surface area (Å²) >= 11 is 0. The lowest BCUT2D eigenvalue weighted by molar-refractivity contribution is -0.128. The second-order valence-corrected chi connectivity index (χ2v) is 9.95. The van der Waals surface area contributed by atoms with E-state index in [1.165, 1.54) is 16.7 Å². The van der Waals surface area contributed by atoms with Gasteiger partial charge in [0.05, 0.1) is 64.6 Å². The van der Waals surface area contributed by atoms with E-state index in [2.05, 4.69) is 22.8 Å². The van der Waals surface area contributed by atoms with Crippen molar-refractivity contribution in [3.8, 4) is 17.8 Å². The molecule has 210 valence electrons. The summed E-state index contributed by atoms with van der Waals surface area (Å²) in [6.07, 6.45) is 0. The number of hydrogen-bond acceptors (Lipinski definition) is 7. The number of anilines is 2. The molecule has 3 aromatic carbocycles. The van der Waals surface area contributed by atoms with Gasteiger partial charge in [-0.2, -0.15) is 15.6 Å². The van der Waals surface area contributed by atoms with Crippen molar-refractivity contribution in [2.75, 3.05) is 23.4 Å². The van der Waals surface area contributed by atoms with Gasteiger partial charge in [-0.05, 0) is 50.4 Å². The molecule has 0 fully saturated rings. The third-order valence-electron chi connectivity index (χ3n) is 7.36. The van der Waals surface area contributed by atoms with Gasteiger partial charge in [-0.1, -0.05) is 30.3 Å². The molecule has 0 saturated carbocycles. The van der Waals surface area contributed by atoms with Crippen LogP contribution in [-0.2, 0) is 20.9 Å². The van der Waals surface area contributed by atoms with E-state index in [9.17, 15) is 24.9 Å². The van der Waals surface area contributed by atoms with E-state index in [0.29, 0.717) is 33.9 Å². The van der Waals surface area contributed by atoms with E-state index in [4.69, 9.17) is 5.10 Å². The fraction of sp³-hybridized carbons (Fsp3) is 0.226. The van der Waals surface area contributed by atoms with E-state index in [1.54, 1.807) is 55.1 Å². The standard InChI is InChI=1S/C31H28N8O3/c1-19(34-3)30(41)35-25-18-37(20(2)40)29-14-21(15-32)12-13-28(29)38(31(25)42)17-24-23-9-5-7-11-27(23)39(36-24)26-10-6-4-8-22(26)16-33/h4-14,19,25,34H,17-18H2,1-3H3,(H,35,41)/t19?,25-/m0/s1. The number of nitrogens with zero attached hydrogens (tertiary/aromatic N) is 6. The lowest BCUT2D eigenvalue weighted by atomic mass is 10.1. The molecule has 0 bridgehead atoms. The molecule has 0 spiro atoms. The van der Waals surface area contributed by atoms with Crippen LogP contribution in [0, 0.1) is 22.7 Å². The van der Waals surface area contributed by atoms with Crippen molar-refractivity contribution >= 4 is 40.0 Å². The molecule has 0 aliphatic carbocycles. The Kier molecular flexibility index (Phi) is 7.69. The molecule has 0 radical (unpaired) electrons. The van der Waals surface area contributed by atoms with Crippen LogP contribution in [0.2, 0.25) is 0 Å². The topological polar surface area (TPSA) is 147 Å². The van der Waals surface area contributed by atoms with Crippen LogP contribution in [-0.4, -0.2) is 53.2 Å². The molecule has 4 aromatic rings. The Balaban J connectivity index is 1.67. The summed E-state index contributed by atoms with van der Waals surface area (Å²) in [5.74, 6) is -1.17. The van der Waals surface area contributed by atoms with Crippen LogP contribution in [0.4, 0.5) is 11.4 Å². The van der Waals surface area contributed by atoms with E-state index in [0.717, 1.165) is 10.9 Å². The van der Waals surface area contributed by atoms with Crippen molar-refractivity contribution in [2.24, 2.45) is 0 Å². The maximum Gasteiger partial charge on any atom is 0.251 e. The lowest BCUT2D eigenvalue weighted by Crippen LogP contribution is -2.55. The number of likely N-dealkylation sites (N-methyl/N-ethyl adjacent to an activating group) is 1. The fourth-order valence-electron chi connectivity index (χ4n) is 5.03. The van der Waals surface area contributed by atoms with Crippen LogP contribution in [0.3, 0.4) is 0 Å². The van der Waals surface area contributed by atoms with Crippen LogP contribution in [0.25, 0.3) is 16.6 Å². The molecule has 1 unspecified atom stereocenters. The van der Waals surface area contributed by atoms with E-state index in [1.807, 2.05) is 30.3 Å². The first-order valence-electron chi connectivity index (χ1n) is 13.3. The van der Waals surface area contributed by atoms with Crippen LogP contribution in [0.1, 0.15) is 30.7 Å². The van der Waals surface area contributed by atoms with Gasteiger partial charge in [0.1, 0.15) is 12.1 Å². The summed E-state index contributed by atoms with van der Waals surface area (Å²) in [6.45, 7) is 2.93. The molecule has 1 aliphatic heterocycles. The highest BCUT2D eigenvalue weighted by Crippen LogP contribution is 2.36. The van der Waals surface area contributed by atoms with E-state index in [-0.39, 0.29) is 19.0 Å². The Hall–Kier alpha value is -5.52. The fourth-order valence-corrected chi connectivity index (χ4v) is 5.03. The average molecular weight is 561 g/mol. The van der Waals surface area contributed by atoms with Crippen LogP contribution >= 0.6 is 0 Å². The number of nitrogens with one attached hydrogen (secondary N) is 2. The van der Waals surface area contributed by atoms with Crippen LogP contribution < -0.4 is 20.4 Å². The van der Waals surface area contributed by atoms with Gasteiger partial charge in [-0.25, -0.2) is 4.68 Å². The molecule has 2 heterocycles. The van der Waals surface area contributed by atoms with E-state index >= 15 is 0 Å². The minimum atomic E-state index is -1.07. The van der Waals surface area contributed by atoms with Gasteiger partial charge in [-0.15, -0.1) is 0 Å². The number of nitriles is 2. The normalized spacial score (nSPS) is 15.4. The number of aromatic nitrogens is 2. The first kappa shape index (κ1) is 28.0. The van der Waals surface area contributed by atoms with Gasteiger partial charge >= 0.3 is 0 Å². The first-order chi connectivity index (χ1) is 20.3. The van der Waals surface area contributed by atoms with Crippen molar-refractivity contribution < 1.29 is 14.4 Å². The molecule has 0 saturated heterocycles. The Morgan fingerprint density at radius 3 is 2.48 bits per heavy atom. The number of fused-ring (bicyclic) bond motifs is 2. The van der Waals surface area contributed by atoms with Crippen LogP contribution in [0.15, 0.2) is 66.7 Å². The van der Waals surface area contributed by atoms with Gasteiger partial charge in [0.2, 0.25) is 11.8 Å². The Morgan fingerprint density at radius 2 is 1.76 bits per heavy atom. The molecule has 11 heteroatoms. The molecule has 2 N–H and O–H groups in total. The van der Waals surface area contributed by atoms with Crippen molar-refractivity contribution in [2.45, 2.75) is 32.5 Å². The summed E-state index contributed by atoms with van der Waals surface area (Å²) in [7, 11) is 1.64. The summed E-state index contributed by atoms with van der Waals surface area (Å²) in [4.78, 5) is 42.8. The van der Waals surface area contributed by atoms with E-state index < -0.39 is 23.9 Å². The molecular formula is C31H28N8O3. The predicted molar refractivity (Wildman–Crippen MR) is 157 cm³/mol. The number of carbonyl (C=O) groups excluding carboxylic acids is 3. The van der Waals surface area contributed by atoms with Crippen LogP contribution in [0.5, 0.6) is 0 Å². The molecule has 1 aromatic heterocycles. The second kappa shape index (κ2) is 11.5. The predicted octanol–water partition coefficient (Wildman–Crippen LogP) is 2.76. The Morgan fingerprint density at radius 1 is 1.02 bits per heavy atom. The third kappa shape index (κ3) is 5.05. The van der Waals surface area contributed by atoms with Gasteiger partial charge in [0.25, 0.3) is 5.91 Å². The zero-order valence-corrected chi connectivity index (χ0v) is 23.3. The maximum atomic E-state index is 14.2. The largest absolute Gasteiger partial charge is 0.341 e. The summed E-state index contributed by atoms with van der Waals surface area (Å²) in [6, 6.07) is 22.1. The van der Waals surface area contributed by atoms with Crippen molar-refractivity contribution in [3.05, 3.63) is 83.6 Å². The number of amides is 3. The molecular weight excluding hydrogens is 532 g/mol. The SMILES string of the molecule is CNC(C)C(=O)N[C@H]1CN(C(C)=O)c2cc(C#N)ccc2N(Cc2nn(-c3ccccc3C#N)c3ccccc23)C1=O. The average Bonchev–Trinajstić information content (AvgIpc) is 3.33. The Bertz CT molecular complexity index is 1800. The monoisotopic (exact) mass is 560 g/mol. The summed E-state index contributed by atoms with van der Waals surface area (Å²) in [5.41, 5.74) is 3.44. The maximum absolute atomic E-state index is 14.2. The summed E-state index contributed by atoms with van der Waals surface area (Å²) in [5, 5.41) is 30.6. The smallest absolute Gasteiger partial charge is 0.251 e. The molecule has 11 nitrogen and oxygen atoms in total. The number of benzene rings is 3. The first-order valence-corrected chi connectivity index (χ1v) is 13.3. The molecule has 3 amide bonds. The van der Waals surface area contributed by atoms with Crippen molar-refractivity contribution in [1.82, 2.24) is 20.4 Å². The minimum Gasteiger partial charge on any atom is -0.341 e. The lowest BCUT2D eigenvalue weighted by Gasteiger charge is -2.25. The molecule has 2 atom stereocenters. The van der Waals surface area contributed by atoms with Gasteiger partial charge in [0.15, 0.2) is 0 Å². The summed E-state index contributed by atoms with van der Waals surface area (Å²) < 4.78 is 1.68. The zero-order chi connectivity index (χ0) is 30.0. The van der Waals surface area contributed by atoms with Gasteiger partial charge in [0, 0.05) is 12.3 Å². The molecule has 1 aliphatic rings. The number of hydrogen-bond donors (Lipinski definition) is 2. The van der Waals surface area contributed by atoms with Gasteiger partial charge in [-0.3, -0.25) is 14.4 Å². The quantitative estimate of drug-likeness (QED) is 0.369. The number of carbonyl (C=O) groups is 3. The third-order valence-corrected chi connectivity index (χ3v) is 7.36. The minimum absolute atomic E-state index is 0.000333. The zero-order valence-electron chi connectivity index (χ0n) is 23.3. The molecule has 42 heavy (non-hydrogen) atoms. The second-order valence-electron chi connectivity index (χ2n) is 9.95. The molecule has 5 rings (SSSR count). The number of para-hydroxylation sites is 2. The van der Waals surface area contributed by atoms with Gasteiger partial charge < -0.3 is 20.4 Å². The highest BCUT2D eigenvalue weighted by Gasteiger charge is 2.37. The highest BCUT2D eigenvalue weighted by molar-refractivity contribution is 6.08. The van der Waals surface area contributed by atoms with Crippen molar-refractivity contribution in [3.63, 3.8) is 0 Å². The Labute approximate surface area is 242 Å². The van der Waals surface area contributed by atoms with Crippen molar-refractivity contribution in [1.29, 1.82) is 10.5 Å².